The summed E-state index contributed by atoms with van der Waals surface area (Å²) in [5, 5.41) is 30.9. The van der Waals surface area contributed by atoms with E-state index in [0.29, 0.717) is 43.7 Å². The Hall–Kier alpha value is -4.67. The summed E-state index contributed by atoms with van der Waals surface area (Å²) in [6.45, 7) is 0.692. The van der Waals surface area contributed by atoms with Crippen molar-refractivity contribution in [2.45, 2.75) is 31.8 Å². The molecule has 0 aliphatic rings. The van der Waals surface area contributed by atoms with Gasteiger partial charge < -0.3 is 30.7 Å². The molecule has 1 atom stereocenters. The van der Waals surface area contributed by atoms with Crippen LogP contribution in [0.15, 0.2) is 59.7 Å². The van der Waals surface area contributed by atoms with Crippen LogP contribution in [0.1, 0.15) is 24.8 Å². The molecule has 0 saturated carbocycles. The molecule has 5 N–H and O–H groups in total. The molecule has 0 aliphatic carbocycles. The first-order valence-electron chi connectivity index (χ1n) is 13.6. The second kappa shape index (κ2) is 17.3. The van der Waals surface area contributed by atoms with Crippen LogP contribution in [0.3, 0.4) is 0 Å². The summed E-state index contributed by atoms with van der Waals surface area (Å²) in [6, 6.07) is 12.6. The molecule has 3 rings (SSSR count). The summed E-state index contributed by atoms with van der Waals surface area (Å²) in [7, 11) is 1.56. The van der Waals surface area contributed by atoms with Crippen LogP contribution in [0.2, 0.25) is 5.02 Å². The molecule has 0 aliphatic heterocycles. The van der Waals surface area contributed by atoms with Gasteiger partial charge in [-0.25, -0.2) is 19.0 Å². The number of aliphatic imine (C=N–C) groups is 1. The number of pyridine rings is 1. The first kappa shape index (κ1) is 32.8. The minimum absolute atomic E-state index is 0.00116. The Labute approximate surface area is 253 Å². The van der Waals surface area contributed by atoms with Gasteiger partial charge in [0.05, 0.1) is 11.1 Å². The molecule has 0 bridgehead atoms. The second-order valence-corrected chi connectivity index (χ2v) is 9.79. The van der Waals surface area contributed by atoms with Gasteiger partial charge in [0, 0.05) is 44.9 Å². The standard InChI is InChI=1S/C29H34ClFN8O4/c1-39(28(41)36-17-22-9-4-11-24(31)26(22)30)23(10-5-12-33-27(37-19-32)34-13-6-14-40)18-43-29(42)38-25-15-20-7-2-3-8-21(20)16-35-25/h2-4,7-9,11,15-16,23,40H,5-6,10,12-14,17-18H2,1H3,(H,36,41)(H2,33,34,37)(H,35,38,42)/t23-/m0/s1. The molecule has 14 heteroatoms. The maximum absolute atomic E-state index is 13.8. The van der Waals surface area contributed by atoms with Gasteiger partial charge in [0.15, 0.2) is 0 Å². The molecule has 1 heterocycles. The van der Waals surface area contributed by atoms with Crippen molar-refractivity contribution in [3.63, 3.8) is 0 Å². The number of benzene rings is 2. The molecule has 43 heavy (non-hydrogen) atoms. The fraction of sp³-hybridized carbons (Fsp3) is 0.345. The molecule has 0 spiro atoms. The van der Waals surface area contributed by atoms with Gasteiger partial charge in [0.1, 0.15) is 18.2 Å². The average Bonchev–Trinajstić information content (AvgIpc) is 3.01. The van der Waals surface area contributed by atoms with Gasteiger partial charge in [-0.15, -0.1) is 4.99 Å². The molecule has 0 saturated heterocycles. The highest BCUT2D eigenvalue weighted by Crippen LogP contribution is 2.20. The largest absolute Gasteiger partial charge is 0.447 e. The van der Waals surface area contributed by atoms with Crippen LogP contribution < -0.4 is 21.3 Å². The number of carbonyl (C=O) groups is 2. The van der Waals surface area contributed by atoms with Crippen molar-refractivity contribution in [1.29, 1.82) is 5.26 Å². The Balaban J connectivity index is 1.60. The molecule has 0 unspecified atom stereocenters. The number of nitrogens with one attached hydrogen (secondary N) is 4. The topological polar surface area (TPSA) is 164 Å². The summed E-state index contributed by atoms with van der Waals surface area (Å²) in [5.41, 5.74) is 0.417. The van der Waals surface area contributed by atoms with Crippen molar-refractivity contribution in [3.05, 3.63) is 71.1 Å². The lowest BCUT2D eigenvalue weighted by Crippen LogP contribution is -2.46. The molecule has 3 amide bonds. The third-order valence-corrected chi connectivity index (χ3v) is 6.82. The van der Waals surface area contributed by atoms with Gasteiger partial charge in [-0.2, -0.15) is 5.26 Å². The van der Waals surface area contributed by atoms with Gasteiger partial charge in [-0.3, -0.25) is 5.32 Å². The number of guanidine groups is 1. The maximum atomic E-state index is 13.8. The Bertz CT molecular complexity index is 1450. The number of urea groups is 1. The number of likely N-dealkylation sites (N-methyl/N-ethyl adjacent to an activating group) is 1. The number of nitrogens with zero attached hydrogens (tertiary/aromatic N) is 4. The van der Waals surface area contributed by atoms with Gasteiger partial charge >= 0.3 is 12.1 Å². The zero-order valence-electron chi connectivity index (χ0n) is 23.6. The highest BCUT2D eigenvalue weighted by atomic mass is 35.5. The zero-order valence-corrected chi connectivity index (χ0v) is 24.4. The predicted molar refractivity (Wildman–Crippen MR) is 162 cm³/mol. The van der Waals surface area contributed by atoms with Gasteiger partial charge in [0.25, 0.3) is 0 Å². The average molecular weight is 613 g/mol. The number of ether oxygens (including phenoxy) is 1. The summed E-state index contributed by atoms with van der Waals surface area (Å²) >= 11 is 6.01. The number of aromatic nitrogens is 1. The number of halogens is 2. The Kier molecular flexibility index (Phi) is 13.2. The smallest absolute Gasteiger partial charge is 0.412 e. The van der Waals surface area contributed by atoms with Crippen molar-refractivity contribution in [2.75, 3.05) is 38.7 Å². The number of hydrogen-bond acceptors (Lipinski definition) is 7. The van der Waals surface area contributed by atoms with E-state index < -0.39 is 24.0 Å². The first-order valence-corrected chi connectivity index (χ1v) is 14.0. The molecule has 228 valence electrons. The number of carbonyl (C=O) groups excluding carboxylic acids is 2. The summed E-state index contributed by atoms with van der Waals surface area (Å²) in [5.74, 6) is 0.00206. The number of aliphatic hydroxyl groups excluding tert-OH is 1. The van der Waals surface area contributed by atoms with E-state index in [4.69, 9.17) is 26.7 Å². The number of anilines is 1. The van der Waals surface area contributed by atoms with Crippen LogP contribution in [-0.4, -0.2) is 72.5 Å². The van der Waals surface area contributed by atoms with Crippen molar-refractivity contribution in [1.82, 2.24) is 25.8 Å². The molecular weight excluding hydrogens is 579 g/mol. The molecule has 12 nitrogen and oxygen atoms in total. The van der Waals surface area contributed by atoms with Crippen LogP contribution in [0.25, 0.3) is 10.8 Å². The third kappa shape index (κ3) is 10.6. The SMILES string of the molecule is CN(C(=O)NCc1cccc(F)c1Cl)[C@@H](CCCN/C(=N\C#N)NCCCO)COC(=O)Nc1cc2ccccc2cn1. The fourth-order valence-corrected chi connectivity index (χ4v) is 4.21. The molecule has 2 aromatic carbocycles. The molecule has 0 radical (unpaired) electrons. The van der Waals surface area contributed by atoms with E-state index in [1.54, 1.807) is 31.6 Å². The fourth-order valence-electron chi connectivity index (χ4n) is 4.02. The summed E-state index contributed by atoms with van der Waals surface area (Å²) < 4.78 is 19.3. The van der Waals surface area contributed by atoms with E-state index in [-0.39, 0.29) is 30.7 Å². The van der Waals surface area contributed by atoms with Crippen LogP contribution in [0.5, 0.6) is 0 Å². The predicted octanol–water partition coefficient (Wildman–Crippen LogP) is 3.96. The lowest BCUT2D eigenvalue weighted by atomic mass is 10.1. The minimum Gasteiger partial charge on any atom is -0.447 e. The van der Waals surface area contributed by atoms with Crippen LogP contribution in [0.4, 0.5) is 19.8 Å². The minimum atomic E-state index is -0.734. The molecular formula is C29H34ClFN8O4. The lowest BCUT2D eigenvalue weighted by molar-refractivity contribution is 0.113. The van der Waals surface area contributed by atoms with E-state index in [1.165, 1.54) is 17.0 Å². The molecule has 1 aromatic heterocycles. The monoisotopic (exact) mass is 612 g/mol. The Morgan fingerprint density at radius 1 is 1.14 bits per heavy atom. The van der Waals surface area contributed by atoms with Crippen molar-refractivity contribution in [2.24, 2.45) is 4.99 Å². The molecule has 3 aromatic rings. The number of aliphatic hydroxyl groups is 1. The van der Waals surface area contributed by atoms with Crippen LogP contribution in [-0.2, 0) is 11.3 Å². The maximum Gasteiger partial charge on any atom is 0.412 e. The normalized spacial score (nSPS) is 11.7. The quantitative estimate of drug-likeness (QED) is 0.0838. The van der Waals surface area contributed by atoms with Crippen molar-refractivity contribution in [3.8, 4) is 6.19 Å². The van der Waals surface area contributed by atoms with E-state index in [1.807, 2.05) is 24.3 Å². The van der Waals surface area contributed by atoms with E-state index in [2.05, 4.69) is 31.2 Å². The van der Waals surface area contributed by atoms with E-state index in [0.717, 1.165) is 10.8 Å². The number of hydrogen-bond donors (Lipinski definition) is 5. The van der Waals surface area contributed by atoms with Crippen molar-refractivity contribution >= 4 is 46.3 Å². The number of fused-ring (bicyclic) bond motifs is 1. The van der Waals surface area contributed by atoms with Crippen molar-refractivity contribution < 1.29 is 23.8 Å². The molecule has 0 fully saturated rings. The first-order chi connectivity index (χ1) is 20.8. The highest BCUT2D eigenvalue weighted by molar-refractivity contribution is 6.31. The lowest BCUT2D eigenvalue weighted by Gasteiger charge is -2.28. The van der Waals surface area contributed by atoms with E-state index >= 15 is 0 Å². The zero-order chi connectivity index (χ0) is 31.0. The Morgan fingerprint density at radius 3 is 2.63 bits per heavy atom. The van der Waals surface area contributed by atoms with Gasteiger partial charge in [-0.1, -0.05) is 48.0 Å². The second-order valence-electron chi connectivity index (χ2n) is 9.41. The Morgan fingerprint density at radius 2 is 1.88 bits per heavy atom. The highest BCUT2D eigenvalue weighted by Gasteiger charge is 2.22. The van der Waals surface area contributed by atoms with Gasteiger partial charge in [-0.05, 0) is 42.3 Å². The third-order valence-electron chi connectivity index (χ3n) is 6.39. The van der Waals surface area contributed by atoms with E-state index in [9.17, 15) is 14.0 Å². The number of rotatable bonds is 13. The number of amides is 3. The van der Waals surface area contributed by atoms with Crippen LogP contribution in [0, 0.1) is 17.3 Å². The summed E-state index contributed by atoms with van der Waals surface area (Å²) in [6.07, 6.45) is 4.04. The van der Waals surface area contributed by atoms with Gasteiger partial charge in [0.2, 0.25) is 12.2 Å². The summed E-state index contributed by atoms with van der Waals surface area (Å²) in [4.78, 5) is 34.9. The van der Waals surface area contributed by atoms with Crippen LogP contribution >= 0.6 is 11.6 Å². The number of nitriles is 1.